The third-order valence-electron chi connectivity index (χ3n) is 3.82. The van der Waals surface area contributed by atoms with Crippen molar-refractivity contribution in [3.05, 3.63) is 40.7 Å². The highest BCUT2D eigenvalue weighted by atomic mass is 16.1. The Morgan fingerprint density at radius 2 is 2.21 bits per heavy atom. The summed E-state index contributed by atoms with van der Waals surface area (Å²) in [4.78, 5) is 16.3. The van der Waals surface area contributed by atoms with E-state index < -0.39 is 0 Å². The first-order chi connectivity index (χ1) is 9.18. The topological polar surface area (TPSA) is 42.0 Å². The number of pyridine rings is 1. The molecular formula is C16H22N2O. The molecule has 1 N–H and O–H groups in total. The van der Waals surface area contributed by atoms with Crippen LogP contribution in [0.15, 0.2) is 23.9 Å². The number of carbonyl (C=O) groups is 1. The van der Waals surface area contributed by atoms with Crippen molar-refractivity contribution in [2.45, 2.75) is 46.0 Å². The minimum Gasteiger partial charge on any atom is -0.352 e. The molecular weight excluding hydrogens is 236 g/mol. The van der Waals surface area contributed by atoms with Gasteiger partial charge in [-0.25, -0.2) is 0 Å². The molecule has 1 heterocycles. The zero-order valence-electron chi connectivity index (χ0n) is 11.8. The van der Waals surface area contributed by atoms with E-state index in [1.807, 2.05) is 13.8 Å². The Bertz CT molecular complexity index is 492. The third kappa shape index (κ3) is 3.66. The van der Waals surface area contributed by atoms with Crippen LogP contribution in [0.2, 0.25) is 0 Å². The fourth-order valence-corrected chi connectivity index (χ4v) is 2.45. The Labute approximate surface area is 115 Å². The number of allylic oxidation sites excluding steroid dienone is 1. The first-order valence-corrected chi connectivity index (χ1v) is 7.07. The molecule has 102 valence electrons. The largest absolute Gasteiger partial charge is 0.352 e. The van der Waals surface area contributed by atoms with Crippen molar-refractivity contribution < 1.29 is 4.79 Å². The molecule has 0 spiro atoms. The Morgan fingerprint density at radius 3 is 2.95 bits per heavy atom. The van der Waals surface area contributed by atoms with Gasteiger partial charge < -0.3 is 5.32 Å². The van der Waals surface area contributed by atoms with E-state index in [2.05, 4.69) is 16.4 Å². The molecule has 1 aliphatic rings. The van der Waals surface area contributed by atoms with Crippen LogP contribution < -0.4 is 5.32 Å². The van der Waals surface area contributed by atoms with Gasteiger partial charge in [0, 0.05) is 24.0 Å². The molecule has 0 bridgehead atoms. The quantitative estimate of drug-likeness (QED) is 0.842. The molecule has 0 aliphatic heterocycles. The van der Waals surface area contributed by atoms with E-state index in [0.29, 0.717) is 0 Å². The van der Waals surface area contributed by atoms with Crippen LogP contribution in [0, 0.1) is 13.8 Å². The minimum absolute atomic E-state index is 0.0133. The molecule has 0 aromatic carbocycles. The number of nitrogens with one attached hydrogen (secondary N) is 1. The highest BCUT2D eigenvalue weighted by Crippen LogP contribution is 2.19. The van der Waals surface area contributed by atoms with Gasteiger partial charge in [0.1, 0.15) is 0 Å². The zero-order valence-corrected chi connectivity index (χ0v) is 11.8. The van der Waals surface area contributed by atoms with Gasteiger partial charge in [-0.3, -0.25) is 9.78 Å². The van der Waals surface area contributed by atoms with Crippen molar-refractivity contribution in [2.24, 2.45) is 0 Å². The molecule has 0 saturated heterocycles. The van der Waals surface area contributed by atoms with Crippen LogP contribution in [0.25, 0.3) is 0 Å². The molecule has 2 rings (SSSR count). The summed E-state index contributed by atoms with van der Waals surface area (Å²) >= 11 is 0. The van der Waals surface area contributed by atoms with E-state index in [0.717, 1.165) is 29.8 Å². The van der Waals surface area contributed by atoms with E-state index in [-0.39, 0.29) is 5.91 Å². The molecule has 0 radical (unpaired) electrons. The number of nitrogens with zero attached hydrogens (tertiary/aromatic N) is 1. The third-order valence-corrected chi connectivity index (χ3v) is 3.82. The second-order valence-corrected chi connectivity index (χ2v) is 5.18. The maximum absolute atomic E-state index is 12.1. The fraction of sp³-hybridized carbons (Fsp3) is 0.500. The Hall–Kier alpha value is -1.64. The van der Waals surface area contributed by atoms with E-state index in [4.69, 9.17) is 0 Å². The summed E-state index contributed by atoms with van der Waals surface area (Å²) in [7, 11) is 0. The first kappa shape index (κ1) is 13.8. The minimum atomic E-state index is 0.0133. The number of hydrogen-bond acceptors (Lipinski definition) is 2. The Kier molecular flexibility index (Phi) is 4.72. The number of aryl methyl sites for hydroxylation is 1. The predicted molar refractivity (Wildman–Crippen MR) is 77.2 cm³/mol. The molecule has 19 heavy (non-hydrogen) atoms. The predicted octanol–water partition coefficient (Wildman–Crippen LogP) is 3.32. The van der Waals surface area contributed by atoms with Crippen molar-refractivity contribution in [3.63, 3.8) is 0 Å². The maximum Gasteiger partial charge on any atom is 0.251 e. The number of rotatable bonds is 4. The van der Waals surface area contributed by atoms with Crippen molar-refractivity contribution in [3.8, 4) is 0 Å². The maximum atomic E-state index is 12.1. The normalized spacial score (nSPS) is 14.9. The van der Waals surface area contributed by atoms with E-state index >= 15 is 0 Å². The van der Waals surface area contributed by atoms with E-state index in [9.17, 15) is 4.79 Å². The van der Waals surface area contributed by atoms with Gasteiger partial charge in [-0.1, -0.05) is 11.6 Å². The SMILES string of the molecule is Cc1nccc(C(=O)NCCC2=CCCCC2)c1C. The van der Waals surface area contributed by atoms with Crippen molar-refractivity contribution >= 4 is 5.91 Å². The summed E-state index contributed by atoms with van der Waals surface area (Å²) in [5, 5.41) is 3.01. The van der Waals surface area contributed by atoms with Crippen LogP contribution in [0.1, 0.15) is 53.7 Å². The highest BCUT2D eigenvalue weighted by molar-refractivity contribution is 5.95. The van der Waals surface area contributed by atoms with Gasteiger partial charge in [0.05, 0.1) is 0 Å². The second-order valence-electron chi connectivity index (χ2n) is 5.18. The molecule has 1 aromatic rings. The fourth-order valence-electron chi connectivity index (χ4n) is 2.45. The van der Waals surface area contributed by atoms with Crippen LogP contribution in [0.5, 0.6) is 0 Å². The van der Waals surface area contributed by atoms with Gasteiger partial charge in [-0.15, -0.1) is 0 Å². The molecule has 1 aliphatic carbocycles. The number of carbonyl (C=O) groups excluding carboxylic acids is 1. The van der Waals surface area contributed by atoms with Gasteiger partial charge in [0.25, 0.3) is 5.91 Å². The molecule has 0 atom stereocenters. The number of hydrogen-bond donors (Lipinski definition) is 1. The summed E-state index contributed by atoms with van der Waals surface area (Å²) in [6, 6.07) is 1.79. The summed E-state index contributed by atoms with van der Waals surface area (Å²) in [5.74, 6) is 0.0133. The molecule has 3 nitrogen and oxygen atoms in total. The van der Waals surface area contributed by atoms with E-state index in [1.165, 1.54) is 31.3 Å². The van der Waals surface area contributed by atoms with Crippen molar-refractivity contribution in [1.82, 2.24) is 10.3 Å². The van der Waals surface area contributed by atoms with Crippen molar-refractivity contribution in [2.75, 3.05) is 6.54 Å². The van der Waals surface area contributed by atoms with E-state index in [1.54, 1.807) is 12.3 Å². The highest BCUT2D eigenvalue weighted by Gasteiger charge is 2.10. The van der Waals surface area contributed by atoms with Gasteiger partial charge in [-0.2, -0.15) is 0 Å². The lowest BCUT2D eigenvalue weighted by Crippen LogP contribution is -2.26. The lowest BCUT2D eigenvalue weighted by atomic mass is 9.97. The molecule has 0 unspecified atom stereocenters. The average molecular weight is 258 g/mol. The lowest BCUT2D eigenvalue weighted by molar-refractivity contribution is 0.0953. The van der Waals surface area contributed by atoms with Crippen LogP contribution in [0.4, 0.5) is 0 Å². The molecule has 1 amide bonds. The van der Waals surface area contributed by atoms with Crippen molar-refractivity contribution in [1.29, 1.82) is 0 Å². The summed E-state index contributed by atoms with van der Waals surface area (Å²) < 4.78 is 0. The van der Waals surface area contributed by atoms with Crippen LogP contribution >= 0.6 is 0 Å². The average Bonchev–Trinajstić information content (AvgIpc) is 2.43. The summed E-state index contributed by atoms with van der Waals surface area (Å²) in [6.07, 6.45) is 10.0. The van der Waals surface area contributed by atoms with Crippen LogP contribution in [-0.2, 0) is 0 Å². The summed E-state index contributed by atoms with van der Waals surface area (Å²) in [6.45, 7) is 4.60. The molecule has 0 fully saturated rings. The van der Waals surface area contributed by atoms with Crippen LogP contribution in [0.3, 0.4) is 0 Å². The van der Waals surface area contributed by atoms with Gasteiger partial charge >= 0.3 is 0 Å². The summed E-state index contributed by atoms with van der Waals surface area (Å²) in [5.41, 5.74) is 4.12. The zero-order chi connectivity index (χ0) is 13.7. The first-order valence-electron chi connectivity index (χ1n) is 7.07. The monoisotopic (exact) mass is 258 g/mol. The van der Waals surface area contributed by atoms with Crippen LogP contribution in [-0.4, -0.2) is 17.4 Å². The lowest BCUT2D eigenvalue weighted by Gasteiger charge is -2.13. The number of aromatic nitrogens is 1. The Balaban J connectivity index is 1.87. The number of amides is 1. The molecule has 1 aromatic heterocycles. The van der Waals surface area contributed by atoms with Gasteiger partial charge in [0.2, 0.25) is 0 Å². The molecule has 3 heteroatoms. The standard InChI is InChI=1S/C16H22N2O/c1-12-13(2)17-11-9-15(12)16(19)18-10-8-14-6-4-3-5-7-14/h6,9,11H,3-5,7-8,10H2,1-2H3,(H,18,19). The molecule has 0 saturated carbocycles. The smallest absolute Gasteiger partial charge is 0.251 e. The Morgan fingerprint density at radius 1 is 1.37 bits per heavy atom. The van der Waals surface area contributed by atoms with Gasteiger partial charge in [-0.05, 0) is 57.6 Å². The van der Waals surface area contributed by atoms with Gasteiger partial charge in [0.15, 0.2) is 0 Å². The second kappa shape index (κ2) is 6.50.